The van der Waals surface area contributed by atoms with Crippen LogP contribution in [0.4, 0.5) is 5.13 Å². The minimum absolute atomic E-state index is 0.0262. The van der Waals surface area contributed by atoms with Crippen LogP contribution < -0.4 is 5.32 Å². The summed E-state index contributed by atoms with van der Waals surface area (Å²) in [5.74, 6) is -0.0262. The fraction of sp³-hybridized carbons (Fsp3) is 0.333. The van der Waals surface area contributed by atoms with Gasteiger partial charge in [0.1, 0.15) is 0 Å². The van der Waals surface area contributed by atoms with Crippen molar-refractivity contribution in [3.05, 3.63) is 65.6 Å². The van der Waals surface area contributed by atoms with Crippen LogP contribution in [0.2, 0.25) is 0 Å². The molecule has 1 amide bonds. The highest BCUT2D eigenvalue weighted by atomic mass is 32.1. The molecule has 4 heterocycles. The second-order valence-corrected chi connectivity index (χ2v) is 10.1. The minimum Gasteiger partial charge on any atom is -0.379 e. The van der Waals surface area contributed by atoms with Gasteiger partial charge >= 0.3 is 0 Å². The van der Waals surface area contributed by atoms with Crippen molar-refractivity contribution < 1.29 is 9.53 Å². The Labute approximate surface area is 214 Å². The van der Waals surface area contributed by atoms with Gasteiger partial charge in [0.25, 0.3) is 0 Å². The lowest BCUT2D eigenvalue weighted by Gasteiger charge is -2.26. The third-order valence-corrected chi connectivity index (χ3v) is 7.72. The Balaban J connectivity index is 1.40. The smallest absolute Gasteiger partial charge is 0.225 e. The largest absolute Gasteiger partial charge is 0.379 e. The molecule has 9 heteroatoms. The number of morpholine rings is 1. The molecule has 1 aromatic carbocycles. The lowest BCUT2D eigenvalue weighted by atomic mass is 9.95. The van der Waals surface area contributed by atoms with E-state index in [4.69, 9.17) is 14.8 Å². The van der Waals surface area contributed by atoms with Crippen LogP contribution in [0.1, 0.15) is 30.2 Å². The fourth-order valence-corrected chi connectivity index (χ4v) is 5.90. The molecule has 1 fully saturated rings. The summed E-state index contributed by atoms with van der Waals surface area (Å²) >= 11 is 1.53. The first-order chi connectivity index (χ1) is 17.7. The van der Waals surface area contributed by atoms with Crippen molar-refractivity contribution >= 4 is 22.4 Å². The van der Waals surface area contributed by atoms with Crippen LogP contribution in [-0.2, 0) is 28.9 Å². The molecule has 0 bridgehead atoms. The number of nitrogens with one attached hydrogen (secondary N) is 1. The van der Waals surface area contributed by atoms with E-state index in [1.54, 1.807) is 6.20 Å². The van der Waals surface area contributed by atoms with Crippen LogP contribution in [0.15, 0.2) is 48.8 Å². The zero-order valence-corrected chi connectivity index (χ0v) is 21.1. The number of aryl methyl sites for hydroxylation is 1. The monoisotopic (exact) mass is 500 g/mol. The molecule has 1 saturated heterocycles. The van der Waals surface area contributed by atoms with Gasteiger partial charge in [0, 0.05) is 49.6 Å². The van der Waals surface area contributed by atoms with Gasteiger partial charge in [0.15, 0.2) is 5.13 Å². The van der Waals surface area contributed by atoms with Gasteiger partial charge in [0.2, 0.25) is 5.91 Å². The van der Waals surface area contributed by atoms with Crippen molar-refractivity contribution in [2.24, 2.45) is 0 Å². The molecule has 1 N–H and O–H groups in total. The summed E-state index contributed by atoms with van der Waals surface area (Å²) in [5, 5.41) is 8.69. The predicted molar refractivity (Wildman–Crippen MR) is 140 cm³/mol. The Morgan fingerprint density at radius 2 is 1.97 bits per heavy atom. The maximum atomic E-state index is 12.0. The number of rotatable bonds is 6. The van der Waals surface area contributed by atoms with Crippen molar-refractivity contribution in [3.63, 3.8) is 0 Å². The lowest BCUT2D eigenvalue weighted by Crippen LogP contribution is -2.35. The molecule has 1 aliphatic carbocycles. The third-order valence-electron chi connectivity index (χ3n) is 6.70. The first-order valence-electron chi connectivity index (χ1n) is 12.4. The molecule has 6 rings (SSSR count). The van der Waals surface area contributed by atoms with Gasteiger partial charge in [-0.05, 0) is 42.7 Å². The van der Waals surface area contributed by atoms with Gasteiger partial charge in [-0.15, -0.1) is 0 Å². The molecule has 36 heavy (non-hydrogen) atoms. The third kappa shape index (κ3) is 4.45. The number of anilines is 1. The van der Waals surface area contributed by atoms with Gasteiger partial charge < -0.3 is 10.1 Å². The summed E-state index contributed by atoms with van der Waals surface area (Å²) < 4.78 is 7.52. The predicted octanol–water partition coefficient (Wildman–Crippen LogP) is 4.34. The maximum Gasteiger partial charge on any atom is 0.225 e. The summed E-state index contributed by atoms with van der Waals surface area (Å²) in [6, 6.07) is 12.7. The molecule has 0 spiro atoms. The van der Waals surface area contributed by atoms with E-state index in [0.29, 0.717) is 11.6 Å². The first kappa shape index (κ1) is 23.0. The average Bonchev–Trinajstić information content (AvgIpc) is 3.51. The quantitative estimate of drug-likeness (QED) is 0.424. The fourth-order valence-electron chi connectivity index (χ4n) is 4.81. The SMILES string of the molecule is CCC(=O)Nc1nc2c(s1)-c1c(c(-c3cccnc3)nn1-c1ccc(CN3CCOCC3)cc1)CC2. The number of thiazole rings is 1. The van der Waals surface area contributed by atoms with E-state index >= 15 is 0 Å². The number of fused-ring (bicyclic) bond motifs is 3. The summed E-state index contributed by atoms with van der Waals surface area (Å²) in [6.45, 7) is 6.29. The maximum absolute atomic E-state index is 12.0. The van der Waals surface area contributed by atoms with Crippen molar-refractivity contribution in [1.29, 1.82) is 0 Å². The highest BCUT2D eigenvalue weighted by molar-refractivity contribution is 7.19. The number of hydrogen-bond donors (Lipinski definition) is 1. The zero-order chi connectivity index (χ0) is 24.5. The Bertz CT molecular complexity index is 1370. The van der Waals surface area contributed by atoms with Crippen molar-refractivity contribution in [3.8, 4) is 27.5 Å². The summed E-state index contributed by atoms with van der Waals surface area (Å²) in [4.78, 5) is 24.6. The number of pyridine rings is 1. The Hall–Kier alpha value is -3.40. The summed E-state index contributed by atoms with van der Waals surface area (Å²) in [6.07, 6.45) is 5.73. The number of ether oxygens (including phenoxy) is 1. The molecule has 1 aliphatic heterocycles. The second-order valence-electron chi connectivity index (χ2n) is 9.08. The van der Waals surface area contributed by atoms with Crippen LogP contribution in [-0.4, -0.2) is 56.9 Å². The number of amides is 1. The number of aromatic nitrogens is 4. The van der Waals surface area contributed by atoms with Crippen LogP contribution in [0, 0.1) is 0 Å². The van der Waals surface area contributed by atoms with Crippen LogP contribution in [0.25, 0.3) is 27.5 Å². The molecule has 0 atom stereocenters. The summed E-state index contributed by atoms with van der Waals surface area (Å²) in [7, 11) is 0. The standard InChI is InChI=1S/C27H28N6O2S/c1-2-23(34)30-27-29-22-10-9-21-24(19-4-3-11-28-16-19)31-33(25(21)26(22)36-27)20-7-5-18(6-8-20)17-32-12-14-35-15-13-32/h3-8,11,16H,2,9-10,12-15,17H2,1H3,(H,29,30,34). The van der Waals surface area contributed by atoms with E-state index in [1.807, 2.05) is 23.9 Å². The van der Waals surface area contributed by atoms with E-state index in [1.165, 1.54) is 22.5 Å². The van der Waals surface area contributed by atoms with Crippen LogP contribution in [0.3, 0.4) is 0 Å². The molecule has 4 aromatic rings. The molecular weight excluding hydrogens is 472 g/mol. The Morgan fingerprint density at radius 1 is 1.14 bits per heavy atom. The molecule has 0 saturated carbocycles. The van der Waals surface area contributed by atoms with Gasteiger partial charge in [-0.25, -0.2) is 9.67 Å². The second kappa shape index (κ2) is 9.93. The minimum atomic E-state index is -0.0262. The van der Waals surface area contributed by atoms with Crippen molar-refractivity contribution in [2.45, 2.75) is 32.7 Å². The van der Waals surface area contributed by atoms with Crippen LogP contribution >= 0.6 is 11.3 Å². The number of hydrogen-bond acceptors (Lipinski definition) is 7. The molecule has 184 valence electrons. The number of carbonyl (C=O) groups is 1. The number of nitrogens with zero attached hydrogens (tertiary/aromatic N) is 5. The molecule has 0 unspecified atom stereocenters. The van der Waals surface area contributed by atoms with Crippen LogP contribution in [0.5, 0.6) is 0 Å². The molecule has 3 aromatic heterocycles. The number of benzene rings is 1. The number of carbonyl (C=O) groups excluding carboxylic acids is 1. The van der Waals surface area contributed by atoms with E-state index < -0.39 is 0 Å². The van der Waals surface area contributed by atoms with Gasteiger partial charge in [0.05, 0.1) is 40.9 Å². The van der Waals surface area contributed by atoms with E-state index in [-0.39, 0.29) is 5.91 Å². The van der Waals surface area contributed by atoms with Crippen molar-refractivity contribution in [2.75, 3.05) is 31.6 Å². The van der Waals surface area contributed by atoms with E-state index in [0.717, 1.165) is 78.9 Å². The molecule has 8 nitrogen and oxygen atoms in total. The first-order valence-corrected chi connectivity index (χ1v) is 13.2. The van der Waals surface area contributed by atoms with Gasteiger partial charge in [-0.2, -0.15) is 5.10 Å². The lowest BCUT2D eigenvalue weighted by molar-refractivity contribution is -0.115. The highest BCUT2D eigenvalue weighted by Crippen LogP contribution is 2.44. The Morgan fingerprint density at radius 3 is 2.72 bits per heavy atom. The average molecular weight is 501 g/mol. The van der Waals surface area contributed by atoms with E-state index in [9.17, 15) is 4.79 Å². The molecular formula is C27H28N6O2S. The molecule has 2 aliphatic rings. The topological polar surface area (TPSA) is 85.2 Å². The van der Waals surface area contributed by atoms with Gasteiger partial charge in [-0.1, -0.05) is 30.4 Å². The normalized spacial score (nSPS) is 15.4. The van der Waals surface area contributed by atoms with Crippen molar-refractivity contribution in [1.82, 2.24) is 24.6 Å². The summed E-state index contributed by atoms with van der Waals surface area (Å²) in [5.41, 5.74) is 7.51. The Kier molecular flexibility index (Phi) is 6.35. The van der Waals surface area contributed by atoms with E-state index in [2.05, 4.69) is 45.5 Å². The highest BCUT2D eigenvalue weighted by Gasteiger charge is 2.30. The molecule has 0 radical (unpaired) electrons. The zero-order valence-electron chi connectivity index (χ0n) is 20.2. The van der Waals surface area contributed by atoms with Gasteiger partial charge in [-0.3, -0.25) is 14.7 Å².